The summed E-state index contributed by atoms with van der Waals surface area (Å²) in [5.74, 6) is 0. The van der Waals surface area contributed by atoms with Crippen LogP contribution in [0.15, 0.2) is 36.9 Å². The van der Waals surface area contributed by atoms with E-state index < -0.39 is 17.8 Å². The third-order valence-corrected chi connectivity index (χ3v) is 2.26. The van der Waals surface area contributed by atoms with Gasteiger partial charge in [0.15, 0.2) is 0 Å². The van der Waals surface area contributed by atoms with Crippen molar-refractivity contribution in [1.29, 1.82) is 0 Å². The molecule has 0 aromatic heterocycles. The number of aliphatic hydroxyl groups excluding tert-OH is 1. The standard InChI is InChI=1S/C12H13F3O/c1-2-11(16)7-6-9-4-3-5-10(8-9)12(13,14)15/h2-5,8,11,16H,1,6-7H2. The van der Waals surface area contributed by atoms with E-state index in [0.717, 1.165) is 12.1 Å². The maximum atomic E-state index is 12.4. The number of rotatable bonds is 4. The Morgan fingerprint density at radius 3 is 2.62 bits per heavy atom. The number of hydrogen-bond acceptors (Lipinski definition) is 1. The number of benzene rings is 1. The van der Waals surface area contributed by atoms with Gasteiger partial charge >= 0.3 is 6.18 Å². The normalized spacial score (nSPS) is 13.5. The van der Waals surface area contributed by atoms with Crippen LogP contribution in [0.4, 0.5) is 13.2 Å². The van der Waals surface area contributed by atoms with Crippen LogP contribution in [0.2, 0.25) is 0 Å². The van der Waals surface area contributed by atoms with E-state index in [1.54, 1.807) is 6.07 Å². The van der Waals surface area contributed by atoms with Gasteiger partial charge in [-0.15, -0.1) is 6.58 Å². The topological polar surface area (TPSA) is 20.2 Å². The minimum atomic E-state index is -4.31. The smallest absolute Gasteiger partial charge is 0.389 e. The van der Waals surface area contributed by atoms with Crippen LogP contribution < -0.4 is 0 Å². The van der Waals surface area contributed by atoms with Crippen LogP contribution >= 0.6 is 0 Å². The van der Waals surface area contributed by atoms with Crippen LogP contribution in [0.5, 0.6) is 0 Å². The van der Waals surface area contributed by atoms with Crippen molar-refractivity contribution in [1.82, 2.24) is 0 Å². The first-order chi connectivity index (χ1) is 7.43. The van der Waals surface area contributed by atoms with Gasteiger partial charge in [0.05, 0.1) is 11.7 Å². The predicted octanol–water partition coefficient (Wildman–Crippen LogP) is 3.18. The monoisotopic (exact) mass is 230 g/mol. The molecule has 4 heteroatoms. The lowest BCUT2D eigenvalue weighted by Gasteiger charge is -2.09. The van der Waals surface area contributed by atoms with E-state index in [1.807, 2.05) is 0 Å². The SMILES string of the molecule is C=CC(O)CCc1cccc(C(F)(F)F)c1. The first-order valence-electron chi connectivity index (χ1n) is 4.90. The minimum Gasteiger partial charge on any atom is -0.389 e. The van der Waals surface area contributed by atoms with Crippen molar-refractivity contribution in [3.63, 3.8) is 0 Å². The van der Waals surface area contributed by atoms with Gasteiger partial charge in [-0.1, -0.05) is 24.3 Å². The van der Waals surface area contributed by atoms with E-state index in [4.69, 9.17) is 0 Å². The van der Waals surface area contributed by atoms with E-state index in [9.17, 15) is 18.3 Å². The van der Waals surface area contributed by atoms with Gasteiger partial charge in [-0.3, -0.25) is 0 Å². The fourth-order valence-electron chi connectivity index (χ4n) is 1.34. The highest BCUT2D eigenvalue weighted by atomic mass is 19.4. The van der Waals surface area contributed by atoms with Crippen LogP contribution in [0.25, 0.3) is 0 Å². The first-order valence-corrected chi connectivity index (χ1v) is 4.90. The second kappa shape index (κ2) is 5.16. The molecule has 1 atom stereocenters. The summed E-state index contributed by atoms with van der Waals surface area (Å²) in [5.41, 5.74) is -0.0891. The Morgan fingerprint density at radius 2 is 2.06 bits per heavy atom. The first kappa shape index (κ1) is 12.8. The van der Waals surface area contributed by atoms with Crippen LogP contribution in [-0.4, -0.2) is 11.2 Å². The molecule has 1 N–H and O–H groups in total. The van der Waals surface area contributed by atoms with Crippen molar-refractivity contribution in [2.45, 2.75) is 25.1 Å². The van der Waals surface area contributed by atoms with E-state index in [0.29, 0.717) is 18.4 Å². The summed E-state index contributed by atoms with van der Waals surface area (Å²) in [6.45, 7) is 3.40. The number of aryl methyl sites for hydroxylation is 1. The molecule has 0 fully saturated rings. The van der Waals surface area contributed by atoms with Crippen LogP contribution in [0, 0.1) is 0 Å². The molecule has 88 valence electrons. The Hall–Kier alpha value is -1.29. The van der Waals surface area contributed by atoms with E-state index in [-0.39, 0.29) is 0 Å². The average molecular weight is 230 g/mol. The molecule has 0 saturated carbocycles. The molecule has 1 unspecified atom stereocenters. The second-order valence-corrected chi connectivity index (χ2v) is 3.54. The van der Waals surface area contributed by atoms with Gasteiger partial charge in [-0.05, 0) is 24.5 Å². The molecule has 0 aliphatic heterocycles. The van der Waals surface area contributed by atoms with Gasteiger partial charge in [0.25, 0.3) is 0 Å². The van der Waals surface area contributed by atoms with Crippen LogP contribution in [0.3, 0.4) is 0 Å². The zero-order chi connectivity index (χ0) is 12.2. The fraction of sp³-hybridized carbons (Fsp3) is 0.333. The molecule has 1 aromatic carbocycles. The van der Waals surface area contributed by atoms with Gasteiger partial charge in [0.1, 0.15) is 0 Å². The average Bonchev–Trinajstić information content (AvgIpc) is 2.25. The maximum Gasteiger partial charge on any atom is 0.416 e. The molecule has 0 aliphatic rings. The number of hydrogen-bond donors (Lipinski definition) is 1. The molecule has 0 amide bonds. The highest BCUT2D eigenvalue weighted by molar-refractivity contribution is 5.25. The van der Waals surface area contributed by atoms with E-state index >= 15 is 0 Å². The van der Waals surface area contributed by atoms with Crippen LogP contribution in [0.1, 0.15) is 17.5 Å². The summed E-state index contributed by atoms with van der Waals surface area (Å²) in [6, 6.07) is 5.13. The number of halogens is 3. The fourth-order valence-corrected chi connectivity index (χ4v) is 1.34. The van der Waals surface area contributed by atoms with E-state index in [1.165, 1.54) is 12.1 Å². The summed E-state index contributed by atoms with van der Waals surface area (Å²) in [7, 11) is 0. The maximum absolute atomic E-state index is 12.4. The van der Waals surface area contributed by atoms with Crippen molar-refractivity contribution in [3.05, 3.63) is 48.0 Å². The van der Waals surface area contributed by atoms with Gasteiger partial charge in [0.2, 0.25) is 0 Å². The van der Waals surface area contributed by atoms with Gasteiger partial charge in [-0.2, -0.15) is 13.2 Å². The molecule has 0 saturated heterocycles. The van der Waals surface area contributed by atoms with Crippen molar-refractivity contribution >= 4 is 0 Å². The molecule has 1 aromatic rings. The molecule has 0 bridgehead atoms. The molecule has 0 heterocycles. The third kappa shape index (κ3) is 3.70. The Labute approximate surface area is 92.2 Å². The van der Waals surface area contributed by atoms with Crippen molar-refractivity contribution in [2.24, 2.45) is 0 Å². The molecule has 1 rings (SSSR count). The number of aliphatic hydroxyl groups is 1. The molecule has 1 nitrogen and oxygen atoms in total. The highest BCUT2D eigenvalue weighted by Gasteiger charge is 2.30. The second-order valence-electron chi connectivity index (χ2n) is 3.54. The minimum absolute atomic E-state index is 0.380. The third-order valence-electron chi connectivity index (χ3n) is 2.26. The Bertz CT molecular complexity index is 358. The summed E-state index contributed by atoms with van der Waals surface area (Å²) in [5, 5.41) is 9.21. The van der Waals surface area contributed by atoms with Gasteiger partial charge in [-0.25, -0.2) is 0 Å². The molecule has 16 heavy (non-hydrogen) atoms. The zero-order valence-electron chi connectivity index (χ0n) is 8.67. The summed E-state index contributed by atoms with van der Waals surface area (Å²) in [6.07, 6.45) is -2.84. The Morgan fingerprint density at radius 1 is 1.38 bits per heavy atom. The molecule has 0 radical (unpaired) electrons. The van der Waals surface area contributed by atoms with Gasteiger partial charge in [0, 0.05) is 0 Å². The molecule has 0 spiro atoms. The van der Waals surface area contributed by atoms with Crippen molar-refractivity contribution in [2.75, 3.05) is 0 Å². The van der Waals surface area contributed by atoms with E-state index in [2.05, 4.69) is 6.58 Å². The summed E-state index contributed by atoms with van der Waals surface area (Å²) >= 11 is 0. The van der Waals surface area contributed by atoms with Gasteiger partial charge < -0.3 is 5.11 Å². The largest absolute Gasteiger partial charge is 0.416 e. The molecular weight excluding hydrogens is 217 g/mol. The highest BCUT2D eigenvalue weighted by Crippen LogP contribution is 2.29. The lowest BCUT2D eigenvalue weighted by atomic mass is 10.0. The lowest BCUT2D eigenvalue weighted by molar-refractivity contribution is -0.137. The number of alkyl halides is 3. The predicted molar refractivity (Wildman–Crippen MR) is 56.0 cm³/mol. The summed E-state index contributed by atoms with van der Waals surface area (Å²) in [4.78, 5) is 0. The quantitative estimate of drug-likeness (QED) is 0.787. The van der Waals surface area contributed by atoms with Crippen molar-refractivity contribution < 1.29 is 18.3 Å². The molecule has 0 aliphatic carbocycles. The zero-order valence-corrected chi connectivity index (χ0v) is 8.67. The Balaban J connectivity index is 2.72. The lowest BCUT2D eigenvalue weighted by Crippen LogP contribution is -2.07. The molecular formula is C12H13F3O. The summed E-state index contributed by atoms with van der Waals surface area (Å²) < 4.78 is 37.1. The van der Waals surface area contributed by atoms with Crippen LogP contribution in [-0.2, 0) is 12.6 Å². The Kier molecular flexibility index (Phi) is 4.12. The van der Waals surface area contributed by atoms with Crippen molar-refractivity contribution in [3.8, 4) is 0 Å².